The Morgan fingerprint density at radius 1 is 1.25 bits per heavy atom. The molecule has 0 bridgehead atoms. The van der Waals surface area contributed by atoms with E-state index < -0.39 is 29.1 Å². The van der Waals surface area contributed by atoms with Crippen LogP contribution in [0.3, 0.4) is 0 Å². The minimum Gasteiger partial charge on any atom is -0.388 e. The van der Waals surface area contributed by atoms with Crippen LogP contribution in [-0.2, 0) is 0 Å². The van der Waals surface area contributed by atoms with Crippen LogP contribution in [0.2, 0.25) is 0 Å². The van der Waals surface area contributed by atoms with Crippen molar-refractivity contribution < 1.29 is 18.3 Å². The van der Waals surface area contributed by atoms with Crippen molar-refractivity contribution in [2.75, 3.05) is 0 Å². The molecule has 0 aliphatic rings. The fourth-order valence-corrected chi connectivity index (χ4v) is 1.41. The lowest BCUT2D eigenvalue weighted by Crippen LogP contribution is -2.05. The van der Waals surface area contributed by atoms with Crippen molar-refractivity contribution in [2.45, 2.75) is 25.4 Å². The summed E-state index contributed by atoms with van der Waals surface area (Å²) in [7, 11) is 0. The van der Waals surface area contributed by atoms with Crippen molar-refractivity contribution in [1.29, 1.82) is 0 Å². The molecule has 0 aliphatic carbocycles. The average molecular weight is 228 g/mol. The SMILES string of the molecule is C#CCCCC(O)c1c(F)cc(F)cc1F. The normalized spacial score (nSPS) is 12.2. The molecule has 0 fully saturated rings. The molecule has 1 atom stereocenters. The molecule has 16 heavy (non-hydrogen) atoms. The van der Waals surface area contributed by atoms with Crippen LogP contribution in [0.25, 0.3) is 0 Å². The molecule has 0 aromatic heterocycles. The summed E-state index contributed by atoms with van der Waals surface area (Å²) < 4.78 is 39.0. The van der Waals surface area contributed by atoms with Crippen LogP contribution in [0.15, 0.2) is 12.1 Å². The highest BCUT2D eigenvalue weighted by Gasteiger charge is 2.18. The largest absolute Gasteiger partial charge is 0.388 e. The maximum atomic E-state index is 13.2. The molecule has 0 saturated heterocycles. The third-order valence-corrected chi connectivity index (χ3v) is 2.18. The van der Waals surface area contributed by atoms with Crippen molar-refractivity contribution in [3.05, 3.63) is 35.1 Å². The maximum Gasteiger partial charge on any atom is 0.134 e. The molecular formula is C12H11F3O. The van der Waals surface area contributed by atoms with Gasteiger partial charge in [-0.25, -0.2) is 13.2 Å². The number of terminal acetylenes is 1. The molecule has 1 unspecified atom stereocenters. The van der Waals surface area contributed by atoms with Gasteiger partial charge in [0.1, 0.15) is 17.5 Å². The number of unbranched alkanes of at least 4 members (excludes halogenated alkanes) is 1. The van der Waals surface area contributed by atoms with Gasteiger partial charge in [-0.3, -0.25) is 0 Å². The second-order valence-corrected chi connectivity index (χ2v) is 3.40. The van der Waals surface area contributed by atoms with E-state index in [9.17, 15) is 18.3 Å². The molecule has 1 rings (SSSR count). The summed E-state index contributed by atoms with van der Waals surface area (Å²) in [5.41, 5.74) is -0.501. The van der Waals surface area contributed by atoms with Gasteiger partial charge in [0.25, 0.3) is 0 Å². The van der Waals surface area contributed by atoms with Crippen LogP contribution in [0, 0.1) is 29.8 Å². The lowest BCUT2D eigenvalue weighted by molar-refractivity contribution is 0.155. The van der Waals surface area contributed by atoms with E-state index in [0.29, 0.717) is 25.0 Å². The van der Waals surface area contributed by atoms with Gasteiger partial charge in [-0.2, -0.15) is 0 Å². The predicted molar refractivity (Wildman–Crippen MR) is 54.0 cm³/mol. The first-order valence-electron chi connectivity index (χ1n) is 4.82. The van der Waals surface area contributed by atoms with Crippen molar-refractivity contribution in [3.8, 4) is 12.3 Å². The molecule has 86 valence electrons. The number of hydrogen-bond acceptors (Lipinski definition) is 1. The van der Waals surface area contributed by atoms with Gasteiger partial charge >= 0.3 is 0 Å². The van der Waals surface area contributed by atoms with E-state index in [4.69, 9.17) is 6.42 Å². The molecule has 1 aromatic rings. The molecule has 0 amide bonds. The zero-order valence-corrected chi connectivity index (χ0v) is 8.51. The fourth-order valence-electron chi connectivity index (χ4n) is 1.41. The van der Waals surface area contributed by atoms with Crippen LogP contribution in [-0.4, -0.2) is 5.11 Å². The van der Waals surface area contributed by atoms with E-state index in [1.165, 1.54) is 0 Å². The van der Waals surface area contributed by atoms with Crippen molar-refractivity contribution >= 4 is 0 Å². The van der Waals surface area contributed by atoms with Crippen molar-refractivity contribution in [1.82, 2.24) is 0 Å². The number of halogens is 3. The number of rotatable bonds is 4. The Kier molecular flexibility index (Phi) is 4.39. The van der Waals surface area contributed by atoms with Crippen LogP contribution >= 0.6 is 0 Å². The Morgan fingerprint density at radius 2 is 1.81 bits per heavy atom. The Bertz CT molecular complexity index is 386. The molecule has 1 aromatic carbocycles. The predicted octanol–water partition coefficient (Wildman–Crippen LogP) is 2.94. The molecule has 1 N–H and O–H groups in total. The lowest BCUT2D eigenvalue weighted by Gasteiger charge is -2.12. The fraction of sp³-hybridized carbons (Fsp3) is 0.333. The smallest absolute Gasteiger partial charge is 0.134 e. The van der Waals surface area contributed by atoms with E-state index in [0.717, 1.165) is 0 Å². The zero-order chi connectivity index (χ0) is 12.1. The minimum atomic E-state index is -1.30. The summed E-state index contributed by atoms with van der Waals surface area (Å²) in [5, 5.41) is 9.53. The first kappa shape index (κ1) is 12.6. The molecular weight excluding hydrogens is 217 g/mol. The summed E-state index contributed by atoms with van der Waals surface area (Å²) in [6.45, 7) is 0. The number of aliphatic hydroxyl groups is 1. The average Bonchev–Trinajstić information content (AvgIpc) is 2.16. The van der Waals surface area contributed by atoms with Crippen LogP contribution in [0.4, 0.5) is 13.2 Å². The first-order valence-corrected chi connectivity index (χ1v) is 4.82. The number of benzene rings is 1. The van der Waals surface area contributed by atoms with Gasteiger partial charge in [-0.1, -0.05) is 0 Å². The highest BCUT2D eigenvalue weighted by atomic mass is 19.1. The summed E-state index contributed by atoms with van der Waals surface area (Å²) in [5.74, 6) is -0.807. The topological polar surface area (TPSA) is 20.2 Å². The Morgan fingerprint density at radius 3 is 2.31 bits per heavy atom. The van der Waals surface area contributed by atoms with Gasteiger partial charge < -0.3 is 5.11 Å². The Labute approximate surface area is 91.9 Å². The van der Waals surface area contributed by atoms with Crippen LogP contribution < -0.4 is 0 Å². The first-order chi connectivity index (χ1) is 7.56. The monoisotopic (exact) mass is 228 g/mol. The summed E-state index contributed by atoms with van der Waals surface area (Å²) in [4.78, 5) is 0. The molecule has 1 nitrogen and oxygen atoms in total. The number of aliphatic hydroxyl groups excluding tert-OH is 1. The van der Waals surface area contributed by atoms with Crippen LogP contribution in [0.1, 0.15) is 30.9 Å². The highest BCUT2D eigenvalue weighted by Crippen LogP contribution is 2.25. The second-order valence-electron chi connectivity index (χ2n) is 3.40. The molecule has 0 saturated carbocycles. The molecule has 4 heteroatoms. The van der Waals surface area contributed by atoms with Crippen molar-refractivity contribution in [3.63, 3.8) is 0 Å². The minimum absolute atomic E-state index is 0.143. The van der Waals surface area contributed by atoms with Gasteiger partial charge in [0.05, 0.1) is 11.7 Å². The van der Waals surface area contributed by atoms with Gasteiger partial charge in [0.2, 0.25) is 0 Å². The second kappa shape index (κ2) is 5.57. The molecule has 0 heterocycles. The van der Waals surface area contributed by atoms with Crippen LogP contribution in [0.5, 0.6) is 0 Å². The van der Waals surface area contributed by atoms with E-state index in [1.807, 2.05) is 0 Å². The Balaban J connectivity index is 2.83. The van der Waals surface area contributed by atoms with Gasteiger partial charge in [-0.15, -0.1) is 12.3 Å². The van der Waals surface area contributed by atoms with Gasteiger partial charge in [0, 0.05) is 18.6 Å². The van der Waals surface area contributed by atoms with Crippen molar-refractivity contribution in [2.24, 2.45) is 0 Å². The molecule has 0 spiro atoms. The third kappa shape index (κ3) is 3.01. The van der Waals surface area contributed by atoms with E-state index in [1.54, 1.807) is 0 Å². The number of hydrogen-bond donors (Lipinski definition) is 1. The summed E-state index contributed by atoms with van der Waals surface area (Å²) >= 11 is 0. The van der Waals surface area contributed by atoms with Gasteiger partial charge in [-0.05, 0) is 12.8 Å². The lowest BCUT2D eigenvalue weighted by atomic mass is 10.0. The van der Waals surface area contributed by atoms with E-state index >= 15 is 0 Å². The quantitative estimate of drug-likeness (QED) is 0.620. The molecule has 0 aliphatic heterocycles. The Hall–Kier alpha value is -1.47. The standard InChI is InChI=1S/C12H11F3O/c1-2-3-4-5-11(16)12-9(14)6-8(13)7-10(12)15/h1,6-7,11,16H,3-5H2. The third-order valence-electron chi connectivity index (χ3n) is 2.18. The van der Waals surface area contributed by atoms with E-state index in [-0.39, 0.29) is 6.42 Å². The highest BCUT2D eigenvalue weighted by molar-refractivity contribution is 5.23. The van der Waals surface area contributed by atoms with E-state index in [2.05, 4.69) is 5.92 Å². The van der Waals surface area contributed by atoms with Gasteiger partial charge in [0.15, 0.2) is 0 Å². The zero-order valence-electron chi connectivity index (χ0n) is 8.51. The molecule has 0 radical (unpaired) electrons. The maximum absolute atomic E-state index is 13.2. The summed E-state index contributed by atoms with van der Waals surface area (Å²) in [6.07, 6.45) is 4.72. The summed E-state index contributed by atoms with van der Waals surface area (Å²) in [6, 6.07) is 1.09.